The molecule has 1 aromatic heterocycles. The van der Waals surface area contributed by atoms with Crippen molar-refractivity contribution in [3.05, 3.63) is 54.0 Å². The molecule has 2 rings (SSSR count). The van der Waals surface area contributed by atoms with E-state index in [1.165, 1.54) is 6.42 Å². The van der Waals surface area contributed by atoms with Gasteiger partial charge in [-0.2, -0.15) is 0 Å². The maximum atomic E-state index is 5.43. The molecule has 1 aromatic carbocycles. The van der Waals surface area contributed by atoms with Gasteiger partial charge in [-0.25, -0.2) is 4.99 Å². The van der Waals surface area contributed by atoms with E-state index in [1.54, 1.807) is 13.4 Å². The van der Waals surface area contributed by atoms with Crippen molar-refractivity contribution >= 4 is 29.9 Å². The van der Waals surface area contributed by atoms with E-state index in [-0.39, 0.29) is 24.0 Å². The fourth-order valence-electron chi connectivity index (χ4n) is 3.28. The average molecular weight is 543 g/mol. The van der Waals surface area contributed by atoms with Gasteiger partial charge in [-0.15, -0.1) is 24.0 Å². The SMILES string of the molecule is CCN(CC)CCCC(C)NC(=NCc1ccc(OC)cc1)NCCc1ccco1.I. The summed E-state index contributed by atoms with van der Waals surface area (Å²) in [5.41, 5.74) is 1.15. The molecule has 7 heteroatoms. The second-order valence-electron chi connectivity index (χ2n) is 7.48. The normalized spacial score (nSPS) is 12.4. The molecule has 6 nitrogen and oxygen atoms in total. The molecule has 0 aliphatic rings. The summed E-state index contributed by atoms with van der Waals surface area (Å²) >= 11 is 0. The van der Waals surface area contributed by atoms with Crippen molar-refractivity contribution in [3.63, 3.8) is 0 Å². The number of benzene rings is 1. The highest BCUT2D eigenvalue weighted by molar-refractivity contribution is 14.0. The van der Waals surface area contributed by atoms with Crippen LogP contribution in [-0.4, -0.2) is 50.2 Å². The molecule has 0 bridgehead atoms. The van der Waals surface area contributed by atoms with Crippen LogP contribution in [0.25, 0.3) is 0 Å². The Morgan fingerprint density at radius 3 is 2.52 bits per heavy atom. The highest BCUT2D eigenvalue weighted by Crippen LogP contribution is 2.12. The fourth-order valence-corrected chi connectivity index (χ4v) is 3.28. The first-order chi connectivity index (χ1) is 14.6. The van der Waals surface area contributed by atoms with Gasteiger partial charge >= 0.3 is 0 Å². The van der Waals surface area contributed by atoms with Crippen LogP contribution >= 0.6 is 24.0 Å². The van der Waals surface area contributed by atoms with E-state index in [0.717, 1.165) is 62.1 Å². The van der Waals surface area contributed by atoms with Crippen molar-refractivity contribution in [2.45, 2.75) is 52.6 Å². The first-order valence-electron chi connectivity index (χ1n) is 11.1. The van der Waals surface area contributed by atoms with Crippen molar-refractivity contribution < 1.29 is 9.15 Å². The number of nitrogens with one attached hydrogen (secondary N) is 2. The highest BCUT2D eigenvalue weighted by Gasteiger charge is 2.08. The topological polar surface area (TPSA) is 62.0 Å². The summed E-state index contributed by atoms with van der Waals surface area (Å²) in [5, 5.41) is 7.01. The van der Waals surface area contributed by atoms with Crippen LogP contribution in [0.15, 0.2) is 52.1 Å². The molecule has 0 fully saturated rings. The van der Waals surface area contributed by atoms with Crippen molar-refractivity contribution in [1.82, 2.24) is 15.5 Å². The van der Waals surface area contributed by atoms with Gasteiger partial charge in [0, 0.05) is 19.0 Å². The number of hydrogen-bond acceptors (Lipinski definition) is 4. The van der Waals surface area contributed by atoms with E-state index in [4.69, 9.17) is 14.1 Å². The fraction of sp³-hybridized carbons (Fsp3) is 0.542. The largest absolute Gasteiger partial charge is 0.497 e. The van der Waals surface area contributed by atoms with Gasteiger partial charge in [0.25, 0.3) is 0 Å². The number of aliphatic imine (C=N–C) groups is 1. The molecular weight excluding hydrogens is 503 g/mol. The molecule has 1 unspecified atom stereocenters. The molecule has 0 saturated heterocycles. The van der Waals surface area contributed by atoms with Crippen LogP contribution in [0.4, 0.5) is 0 Å². The number of guanidine groups is 1. The Kier molecular flexibility index (Phi) is 14.1. The molecule has 0 saturated carbocycles. The lowest BCUT2D eigenvalue weighted by Crippen LogP contribution is -2.43. The van der Waals surface area contributed by atoms with Gasteiger partial charge in [-0.05, 0) is 69.2 Å². The third kappa shape index (κ3) is 10.9. The lowest BCUT2D eigenvalue weighted by molar-refractivity contribution is 0.292. The molecule has 174 valence electrons. The van der Waals surface area contributed by atoms with Gasteiger partial charge in [0.05, 0.1) is 19.9 Å². The maximum absolute atomic E-state index is 5.43. The number of rotatable bonds is 13. The van der Waals surface area contributed by atoms with Crippen molar-refractivity contribution in [2.24, 2.45) is 4.99 Å². The maximum Gasteiger partial charge on any atom is 0.191 e. The van der Waals surface area contributed by atoms with Crippen LogP contribution in [0.3, 0.4) is 0 Å². The summed E-state index contributed by atoms with van der Waals surface area (Å²) < 4.78 is 10.7. The number of halogens is 1. The van der Waals surface area contributed by atoms with Gasteiger partial charge < -0.3 is 24.7 Å². The molecule has 0 aliphatic heterocycles. The van der Waals surface area contributed by atoms with E-state index in [1.807, 2.05) is 24.3 Å². The minimum Gasteiger partial charge on any atom is -0.497 e. The van der Waals surface area contributed by atoms with Gasteiger partial charge in [0.1, 0.15) is 11.5 Å². The van der Waals surface area contributed by atoms with Crippen molar-refractivity contribution in [3.8, 4) is 5.75 Å². The summed E-state index contributed by atoms with van der Waals surface area (Å²) in [6, 6.07) is 12.3. The van der Waals surface area contributed by atoms with E-state index in [0.29, 0.717) is 12.6 Å². The number of furan rings is 1. The molecule has 1 heterocycles. The molecule has 1 atom stereocenters. The van der Waals surface area contributed by atoms with Crippen molar-refractivity contribution in [1.29, 1.82) is 0 Å². The van der Waals surface area contributed by atoms with Crippen LogP contribution in [0.5, 0.6) is 5.75 Å². The zero-order valence-electron chi connectivity index (χ0n) is 19.4. The lowest BCUT2D eigenvalue weighted by Gasteiger charge is -2.21. The van der Waals surface area contributed by atoms with Crippen LogP contribution in [0, 0.1) is 0 Å². The number of methoxy groups -OCH3 is 1. The highest BCUT2D eigenvalue weighted by atomic mass is 127. The number of ether oxygens (including phenoxy) is 1. The third-order valence-corrected chi connectivity index (χ3v) is 5.21. The zero-order valence-corrected chi connectivity index (χ0v) is 21.7. The van der Waals surface area contributed by atoms with Gasteiger partial charge in [0.2, 0.25) is 0 Å². The Labute approximate surface area is 204 Å². The third-order valence-electron chi connectivity index (χ3n) is 5.21. The van der Waals surface area contributed by atoms with Crippen LogP contribution in [-0.2, 0) is 13.0 Å². The Morgan fingerprint density at radius 1 is 1.16 bits per heavy atom. The monoisotopic (exact) mass is 542 g/mol. The van der Waals surface area contributed by atoms with Crippen LogP contribution in [0.2, 0.25) is 0 Å². The standard InChI is InChI=1S/C24H38N4O2.HI/c1-5-28(6-2)17-7-9-20(3)27-24(25-16-15-23-10-8-18-30-23)26-19-21-11-13-22(29-4)14-12-21;/h8,10-14,18,20H,5-7,9,15-17,19H2,1-4H3,(H2,25,26,27);1H. The minimum atomic E-state index is 0. The van der Waals surface area contributed by atoms with Crippen LogP contribution < -0.4 is 15.4 Å². The second kappa shape index (κ2) is 16.0. The Balaban J connectivity index is 0.00000480. The predicted octanol–water partition coefficient (Wildman–Crippen LogP) is 4.69. The zero-order chi connectivity index (χ0) is 21.6. The molecule has 0 aliphatic carbocycles. The lowest BCUT2D eigenvalue weighted by atomic mass is 10.2. The van der Waals surface area contributed by atoms with E-state index >= 15 is 0 Å². The Hall–Kier alpha value is -1.74. The summed E-state index contributed by atoms with van der Waals surface area (Å²) in [5.74, 6) is 2.68. The van der Waals surface area contributed by atoms with Gasteiger partial charge in [0.15, 0.2) is 5.96 Å². The first kappa shape index (κ1) is 27.3. The summed E-state index contributed by atoms with van der Waals surface area (Å²) in [6.45, 7) is 11.4. The molecule has 0 amide bonds. The summed E-state index contributed by atoms with van der Waals surface area (Å²) in [6.07, 6.45) is 4.82. The van der Waals surface area contributed by atoms with E-state index in [9.17, 15) is 0 Å². The Morgan fingerprint density at radius 2 is 1.90 bits per heavy atom. The van der Waals surface area contributed by atoms with E-state index in [2.05, 4.69) is 48.4 Å². The smallest absolute Gasteiger partial charge is 0.191 e. The number of nitrogens with zero attached hydrogens (tertiary/aromatic N) is 2. The molecule has 0 spiro atoms. The summed E-state index contributed by atoms with van der Waals surface area (Å²) in [4.78, 5) is 7.26. The Bertz CT molecular complexity index is 716. The van der Waals surface area contributed by atoms with Gasteiger partial charge in [-0.1, -0.05) is 26.0 Å². The minimum absolute atomic E-state index is 0. The number of hydrogen-bond donors (Lipinski definition) is 2. The van der Waals surface area contributed by atoms with Crippen molar-refractivity contribution in [2.75, 3.05) is 33.3 Å². The molecule has 2 aromatic rings. The predicted molar refractivity (Wildman–Crippen MR) is 140 cm³/mol. The quantitative estimate of drug-likeness (QED) is 0.219. The first-order valence-corrected chi connectivity index (χ1v) is 11.1. The molecule has 31 heavy (non-hydrogen) atoms. The molecule has 0 radical (unpaired) electrons. The molecule has 2 N–H and O–H groups in total. The van der Waals surface area contributed by atoms with E-state index < -0.39 is 0 Å². The molecular formula is C24H39IN4O2. The van der Waals surface area contributed by atoms with Crippen LogP contribution in [0.1, 0.15) is 44.9 Å². The average Bonchev–Trinajstić information content (AvgIpc) is 3.29. The summed E-state index contributed by atoms with van der Waals surface area (Å²) in [7, 11) is 1.68. The second-order valence-corrected chi connectivity index (χ2v) is 7.48. The van der Waals surface area contributed by atoms with Gasteiger partial charge in [-0.3, -0.25) is 0 Å².